The van der Waals surface area contributed by atoms with Crippen molar-refractivity contribution in [1.29, 1.82) is 0 Å². The van der Waals surface area contributed by atoms with Crippen LogP contribution in [0.4, 0.5) is 14.5 Å². The quantitative estimate of drug-likeness (QED) is 0.861. The molecular weight excluding hydrogens is 324 g/mol. The standard InChI is InChI=1S/C13H14ClF2NO3S/c1-7-3-2-4-9(7)13(18)17-12-10(15)5-8(6-11(12)16)21(14,19)20/h5-7,9H,2-4H2,1H3,(H,17,18). The predicted octanol–water partition coefficient (Wildman–Crippen LogP) is 3.27. The maximum atomic E-state index is 13.8. The van der Waals surface area contributed by atoms with Gasteiger partial charge in [-0.1, -0.05) is 13.3 Å². The number of carbonyl (C=O) groups excluding carboxylic acids is 1. The molecule has 0 aromatic heterocycles. The summed E-state index contributed by atoms with van der Waals surface area (Å²) < 4.78 is 49.8. The number of anilines is 1. The van der Waals surface area contributed by atoms with Gasteiger partial charge in [0.1, 0.15) is 5.69 Å². The molecule has 0 aliphatic heterocycles. The summed E-state index contributed by atoms with van der Waals surface area (Å²) in [6, 6.07) is 1.16. The number of hydrogen-bond acceptors (Lipinski definition) is 3. The Morgan fingerprint density at radius 1 is 1.29 bits per heavy atom. The van der Waals surface area contributed by atoms with Crippen molar-refractivity contribution in [2.75, 3.05) is 5.32 Å². The van der Waals surface area contributed by atoms with Crippen molar-refractivity contribution in [3.05, 3.63) is 23.8 Å². The normalized spacial score (nSPS) is 22.3. The molecule has 0 radical (unpaired) electrons. The highest BCUT2D eigenvalue weighted by Gasteiger charge is 2.31. The average Bonchev–Trinajstić information content (AvgIpc) is 2.78. The van der Waals surface area contributed by atoms with Gasteiger partial charge in [-0.15, -0.1) is 0 Å². The van der Waals surface area contributed by atoms with E-state index in [2.05, 4.69) is 5.32 Å². The summed E-state index contributed by atoms with van der Waals surface area (Å²) in [7, 11) is 0.797. The van der Waals surface area contributed by atoms with E-state index in [1.165, 1.54) is 0 Å². The van der Waals surface area contributed by atoms with Gasteiger partial charge in [0.15, 0.2) is 11.6 Å². The molecule has 0 saturated heterocycles. The van der Waals surface area contributed by atoms with Crippen LogP contribution in [0.1, 0.15) is 26.2 Å². The van der Waals surface area contributed by atoms with Gasteiger partial charge in [-0.3, -0.25) is 4.79 Å². The molecule has 1 N–H and O–H groups in total. The lowest BCUT2D eigenvalue weighted by Gasteiger charge is -2.16. The van der Waals surface area contributed by atoms with E-state index in [1.807, 2.05) is 6.92 Å². The zero-order valence-corrected chi connectivity index (χ0v) is 12.8. The van der Waals surface area contributed by atoms with Crippen molar-refractivity contribution in [2.45, 2.75) is 31.1 Å². The molecule has 0 bridgehead atoms. The van der Waals surface area contributed by atoms with Crippen LogP contribution in [-0.4, -0.2) is 14.3 Å². The zero-order chi connectivity index (χ0) is 15.8. The fourth-order valence-electron chi connectivity index (χ4n) is 2.56. The fraction of sp³-hybridized carbons (Fsp3) is 0.462. The van der Waals surface area contributed by atoms with Crippen LogP contribution in [0.3, 0.4) is 0 Å². The molecule has 8 heteroatoms. The van der Waals surface area contributed by atoms with Gasteiger partial charge in [0, 0.05) is 16.6 Å². The van der Waals surface area contributed by atoms with Gasteiger partial charge in [-0.05, 0) is 30.9 Å². The first-order chi connectivity index (χ1) is 9.70. The van der Waals surface area contributed by atoms with Gasteiger partial charge in [-0.2, -0.15) is 0 Å². The summed E-state index contributed by atoms with van der Waals surface area (Å²) in [5, 5.41) is 2.20. The highest BCUT2D eigenvalue weighted by atomic mass is 35.7. The molecule has 1 amide bonds. The van der Waals surface area contributed by atoms with E-state index in [0.29, 0.717) is 18.6 Å². The molecule has 0 heterocycles. The molecule has 1 fully saturated rings. The number of benzene rings is 1. The van der Waals surface area contributed by atoms with Crippen LogP contribution in [0.15, 0.2) is 17.0 Å². The number of nitrogens with one attached hydrogen (secondary N) is 1. The number of hydrogen-bond donors (Lipinski definition) is 1. The smallest absolute Gasteiger partial charge is 0.261 e. The summed E-state index contributed by atoms with van der Waals surface area (Å²) in [6.45, 7) is 1.91. The molecular formula is C13H14ClF2NO3S. The van der Waals surface area contributed by atoms with Crippen LogP contribution in [0, 0.1) is 23.5 Å². The van der Waals surface area contributed by atoms with Crippen molar-refractivity contribution in [1.82, 2.24) is 0 Å². The Hall–Kier alpha value is -1.21. The van der Waals surface area contributed by atoms with Crippen molar-refractivity contribution >= 4 is 31.3 Å². The molecule has 1 aliphatic rings. The number of amides is 1. The second kappa shape index (κ2) is 5.88. The molecule has 116 valence electrons. The van der Waals surface area contributed by atoms with Gasteiger partial charge in [0.05, 0.1) is 4.90 Å². The number of carbonyl (C=O) groups is 1. The SMILES string of the molecule is CC1CCCC1C(=O)Nc1c(F)cc(S(=O)(=O)Cl)cc1F. The van der Waals surface area contributed by atoms with Gasteiger partial charge in [-0.25, -0.2) is 17.2 Å². The van der Waals surface area contributed by atoms with E-state index in [9.17, 15) is 22.0 Å². The Morgan fingerprint density at radius 2 is 1.86 bits per heavy atom. The lowest BCUT2D eigenvalue weighted by atomic mass is 9.97. The molecule has 0 spiro atoms. The Kier molecular flexibility index (Phi) is 4.53. The summed E-state index contributed by atoms with van der Waals surface area (Å²) >= 11 is 0. The van der Waals surface area contributed by atoms with Crippen LogP contribution in [0.2, 0.25) is 0 Å². The first kappa shape index (κ1) is 16.2. The molecule has 1 aromatic rings. The molecule has 1 aromatic carbocycles. The summed E-state index contributed by atoms with van der Waals surface area (Å²) in [5.41, 5.74) is -0.650. The third-order valence-corrected chi connectivity index (χ3v) is 5.08. The highest BCUT2D eigenvalue weighted by Crippen LogP contribution is 2.33. The van der Waals surface area contributed by atoms with Crippen molar-refractivity contribution in [2.24, 2.45) is 11.8 Å². The lowest BCUT2D eigenvalue weighted by molar-refractivity contribution is -0.120. The van der Waals surface area contributed by atoms with E-state index >= 15 is 0 Å². The Labute approximate surface area is 125 Å². The van der Waals surface area contributed by atoms with Gasteiger partial charge >= 0.3 is 0 Å². The molecule has 1 aliphatic carbocycles. The fourth-order valence-corrected chi connectivity index (χ4v) is 3.32. The molecule has 2 unspecified atom stereocenters. The van der Waals surface area contributed by atoms with Crippen LogP contribution < -0.4 is 5.32 Å². The minimum Gasteiger partial charge on any atom is -0.321 e. The molecule has 21 heavy (non-hydrogen) atoms. The second-order valence-electron chi connectivity index (χ2n) is 5.20. The molecule has 1 saturated carbocycles. The molecule has 2 atom stereocenters. The van der Waals surface area contributed by atoms with Crippen molar-refractivity contribution < 1.29 is 22.0 Å². The predicted molar refractivity (Wildman–Crippen MR) is 74.5 cm³/mol. The summed E-state index contributed by atoms with van der Waals surface area (Å²) in [5.74, 6) is -2.94. The summed E-state index contributed by atoms with van der Waals surface area (Å²) in [6.07, 6.45) is 2.46. The van der Waals surface area contributed by atoms with Gasteiger partial charge in [0.25, 0.3) is 9.05 Å². The third kappa shape index (κ3) is 3.52. The Morgan fingerprint density at radius 3 is 2.29 bits per heavy atom. The number of halogens is 3. The van der Waals surface area contributed by atoms with Gasteiger partial charge < -0.3 is 5.32 Å². The van der Waals surface area contributed by atoms with Crippen LogP contribution in [0.5, 0.6) is 0 Å². The Balaban J connectivity index is 2.27. The van der Waals surface area contributed by atoms with E-state index < -0.39 is 37.2 Å². The topological polar surface area (TPSA) is 63.2 Å². The van der Waals surface area contributed by atoms with Crippen LogP contribution in [-0.2, 0) is 13.8 Å². The van der Waals surface area contributed by atoms with Crippen molar-refractivity contribution in [3.63, 3.8) is 0 Å². The zero-order valence-electron chi connectivity index (χ0n) is 11.2. The second-order valence-corrected chi connectivity index (χ2v) is 7.77. The number of rotatable bonds is 3. The van der Waals surface area contributed by atoms with E-state index in [-0.39, 0.29) is 11.8 Å². The minimum absolute atomic E-state index is 0.151. The van der Waals surface area contributed by atoms with E-state index in [1.54, 1.807) is 0 Å². The highest BCUT2D eigenvalue weighted by molar-refractivity contribution is 8.13. The molecule has 2 rings (SSSR count). The van der Waals surface area contributed by atoms with Crippen LogP contribution >= 0.6 is 10.7 Å². The largest absolute Gasteiger partial charge is 0.321 e. The first-order valence-corrected chi connectivity index (χ1v) is 8.75. The minimum atomic E-state index is -4.24. The maximum Gasteiger partial charge on any atom is 0.261 e. The first-order valence-electron chi connectivity index (χ1n) is 6.44. The monoisotopic (exact) mass is 337 g/mol. The maximum absolute atomic E-state index is 13.8. The van der Waals surface area contributed by atoms with Crippen molar-refractivity contribution in [3.8, 4) is 0 Å². The molecule has 4 nitrogen and oxygen atoms in total. The summed E-state index contributed by atoms with van der Waals surface area (Å²) in [4.78, 5) is 11.3. The van der Waals surface area contributed by atoms with Crippen LogP contribution in [0.25, 0.3) is 0 Å². The van der Waals surface area contributed by atoms with E-state index in [4.69, 9.17) is 10.7 Å². The van der Waals surface area contributed by atoms with E-state index in [0.717, 1.165) is 12.8 Å². The average molecular weight is 338 g/mol. The Bertz CT molecular complexity index is 655. The lowest BCUT2D eigenvalue weighted by Crippen LogP contribution is -2.25. The van der Waals surface area contributed by atoms with Gasteiger partial charge in [0.2, 0.25) is 5.91 Å². The third-order valence-electron chi connectivity index (χ3n) is 3.74.